The van der Waals surface area contributed by atoms with Gasteiger partial charge in [0, 0.05) is 32.2 Å². The fraction of sp³-hybridized carbons (Fsp3) is 0.263. The number of hydrogen-bond acceptors (Lipinski definition) is 4. The number of benzene rings is 1. The highest BCUT2D eigenvalue weighted by molar-refractivity contribution is 6.34. The fourth-order valence-corrected chi connectivity index (χ4v) is 2.51. The lowest BCUT2D eigenvalue weighted by Gasteiger charge is -2.12. The van der Waals surface area contributed by atoms with Crippen molar-refractivity contribution in [2.45, 2.75) is 13.3 Å². The molecular formula is C19H21ClN4O3. The molecule has 2 rings (SSSR count). The van der Waals surface area contributed by atoms with E-state index in [9.17, 15) is 14.4 Å². The van der Waals surface area contributed by atoms with E-state index in [2.05, 4.69) is 15.6 Å². The molecule has 7 nitrogen and oxygen atoms in total. The summed E-state index contributed by atoms with van der Waals surface area (Å²) in [6.07, 6.45) is 3.52. The highest BCUT2D eigenvalue weighted by Gasteiger charge is 2.14. The van der Waals surface area contributed by atoms with Crippen LogP contribution in [0.2, 0.25) is 5.02 Å². The van der Waals surface area contributed by atoms with Crippen LogP contribution in [0.4, 0.5) is 5.69 Å². The van der Waals surface area contributed by atoms with Gasteiger partial charge in [-0.1, -0.05) is 11.6 Å². The number of halogens is 1. The molecule has 0 radical (unpaired) electrons. The summed E-state index contributed by atoms with van der Waals surface area (Å²) in [6.45, 7) is 1.79. The first-order valence-corrected chi connectivity index (χ1v) is 8.63. The van der Waals surface area contributed by atoms with E-state index in [1.54, 1.807) is 32.6 Å². The first kappa shape index (κ1) is 20.4. The Bertz CT molecular complexity index is 868. The van der Waals surface area contributed by atoms with E-state index in [0.717, 1.165) is 11.1 Å². The molecule has 142 valence electrons. The van der Waals surface area contributed by atoms with Crippen molar-refractivity contribution in [3.63, 3.8) is 0 Å². The Hall–Kier alpha value is -2.93. The number of nitrogens with zero attached hydrogens (tertiary/aromatic N) is 2. The molecule has 8 heteroatoms. The number of pyridine rings is 1. The molecule has 2 N–H and O–H groups in total. The van der Waals surface area contributed by atoms with Gasteiger partial charge in [0.1, 0.15) is 0 Å². The average molecular weight is 389 g/mol. The smallest absolute Gasteiger partial charge is 0.253 e. The van der Waals surface area contributed by atoms with Crippen LogP contribution in [-0.4, -0.2) is 48.2 Å². The lowest BCUT2D eigenvalue weighted by Crippen LogP contribution is -2.36. The Balaban J connectivity index is 1.99. The first-order valence-electron chi connectivity index (χ1n) is 8.25. The maximum atomic E-state index is 12.2. The molecule has 0 unspecified atom stereocenters. The number of carbonyl (C=O) groups is 3. The molecule has 0 bridgehead atoms. The monoisotopic (exact) mass is 388 g/mol. The zero-order chi connectivity index (χ0) is 20.0. The Kier molecular flexibility index (Phi) is 6.90. The highest BCUT2D eigenvalue weighted by Crippen LogP contribution is 2.21. The molecule has 27 heavy (non-hydrogen) atoms. The van der Waals surface area contributed by atoms with E-state index in [0.29, 0.717) is 5.69 Å². The molecular weight excluding hydrogens is 368 g/mol. The van der Waals surface area contributed by atoms with Crippen molar-refractivity contribution < 1.29 is 14.4 Å². The normalized spacial score (nSPS) is 10.2. The van der Waals surface area contributed by atoms with Gasteiger partial charge in [0.25, 0.3) is 5.91 Å². The lowest BCUT2D eigenvalue weighted by molar-refractivity contribution is -0.127. The number of likely N-dealkylation sites (N-methyl/N-ethyl adjacent to an activating group) is 1. The Morgan fingerprint density at radius 3 is 2.56 bits per heavy atom. The molecule has 0 aliphatic rings. The summed E-state index contributed by atoms with van der Waals surface area (Å²) in [5.41, 5.74) is 2.52. The Morgan fingerprint density at radius 1 is 1.19 bits per heavy atom. The molecule has 1 aromatic carbocycles. The van der Waals surface area contributed by atoms with Crippen molar-refractivity contribution in [2.75, 3.05) is 26.0 Å². The van der Waals surface area contributed by atoms with Gasteiger partial charge >= 0.3 is 0 Å². The van der Waals surface area contributed by atoms with Gasteiger partial charge in [0.05, 0.1) is 23.6 Å². The van der Waals surface area contributed by atoms with E-state index in [1.807, 2.05) is 13.0 Å². The van der Waals surface area contributed by atoms with E-state index in [-0.39, 0.29) is 35.4 Å². The number of rotatable bonds is 6. The van der Waals surface area contributed by atoms with Crippen molar-refractivity contribution in [2.24, 2.45) is 0 Å². The summed E-state index contributed by atoms with van der Waals surface area (Å²) in [7, 11) is 3.21. The van der Waals surface area contributed by atoms with Gasteiger partial charge in [-0.15, -0.1) is 0 Å². The molecule has 1 aromatic heterocycles. The number of anilines is 1. The van der Waals surface area contributed by atoms with E-state index < -0.39 is 5.91 Å². The number of hydrogen-bond donors (Lipinski definition) is 2. The predicted molar refractivity (Wildman–Crippen MR) is 104 cm³/mol. The van der Waals surface area contributed by atoms with Crippen LogP contribution >= 0.6 is 11.6 Å². The standard InChI is InChI=1S/C19H21ClN4O3/c1-12-6-7-21-10-13(12)8-17(25)23-14-4-5-15(16(20)9-14)19(27)22-11-18(26)24(2)3/h4-7,9-10H,8,11H2,1-3H3,(H,22,27)(H,23,25). The van der Waals surface area contributed by atoms with Gasteiger partial charge < -0.3 is 15.5 Å². The lowest BCUT2D eigenvalue weighted by atomic mass is 10.1. The second-order valence-electron chi connectivity index (χ2n) is 6.19. The van der Waals surface area contributed by atoms with Crippen molar-refractivity contribution in [3.05, 3.63) is 58.4 Å². The molecule has 0 aliphatic carbocycles. The number of carbonyl (C=O) groups excluding carboxylic acids is 3. The summed E-state index contributed by atoms with van der Waals surface area (Å²) >= 11 is 6.15. The van der Waals surface area contributed by atoms with Crippen LogP contribution in [0, 0.1) is 6.92 Å². The molecule has 0 saturated heterocycles. The summed E-state index contributed by atoms with van der Waals surface area (Å²) in [5.74, 6) is -0.899. The number of aromatic nitrogens is 1. The van der Waals surface area contributed by atoms with Crippen molar-refractivity contribution >= 4 is 35.0 Å². The second kappa shape index (κ2) is 9.14. The molecule has 2 aromatic rings. The van der Waals surface area contributed by atoms with Crippen molar-refractivity contribution in [1.29, 1.82) is 0 Å². The number of nitrogens with one attached hydrogen (secondary N) is 2. The minimum atomic E-state index is -0.459. The largest absolute Gasteiger partial charge is 0.347 e. The highest BCUT2D eigenvalue weighted by atomic mass is 35.5. The van der Waals surface area contributed by atoms with Crippen LogP contribution in [0.5, 0.6) is 0 Å². The third kappa shape index (κ3) is 5.79. The average Bonchev–Trinajstić information content (AvgIpc) is 2.61. The third-order valence-corrected chi connectivity index (χ3v) is 4.21. The first-order chi connectivity index (χ1) is 12.8. The van der Waals surface area contributed by atoms with E-state index in [4.69, 9.17) is 11.6 Å². The summed E-state index contributed by atoms with van der Waals surface area (Å²) in [6, 6.07) is 6.43. The zero-order valence-electron chi connectivity index (χ0n) is 15.4. The minimum Gasteiger partial charge on any atom is -0.347 e. The van der Waals surface area contributed by atoms with Crippen molar-refractivity contribution in [1.82, 2.24) is 15.2 Å². The molecule has 0 saturated carbocycles. The molecule has 0 aliphatic heterocycles. The van der Waals surface area contributed by atoms with Crippen LogP contribution < -0.4 is 10.6 Å². The summed E-state index contributed by atoms with van der Waals surface area (Å²) in [5, 5.41) is 5.44. The Labute approximate surface area is 162 Å². The third-order valence-electron chi connectivity index (χ3n) is 3.89. The zero-order valence-corrected chi connectivity index (χ0v) is 16.1. The van der Waals surface area contributed by atoms with Crippen LogP contribution in [-0.2, 0) is 16.0 Å². The van der Waals surface area contributed by atoms with Gasteiger partial charge in [-0.05, 0) is 42.3 Å². The van der Waals surface area contributed by atoms with Gasteiger partial charge in [-0.3, -0.25) is 19.4 Å². The summed E-state index contributed by atoms with van der Waals surface area (Å²) in [4.78, 5) is 41.3. The SMILES string of the molecule is Cc1ccncc1CC(=O)Nc1ccc(C(=O)NCC(=O)N(C)C)c(Cl)c1. The molecule has 0 spiro atoms. The van der Waals surface area contributed by atoms with Gasteiger partial charge in [-0.25, -0.2) is 0 Å². The molecule has 0 atom stereocenters. The number of aryl methyl sites for hydroxylation is 1. The number of amides is 3. The maximum absolute atomic E-state index is 12.2. The van der Waals surface area contributed by atoms with Gasteiger partial charge in [0.2, 0.25) is 11.8 Å². The van der Waals surface area contributed by atoms with Gasteiger partial charge in [0.15, 0.2) is 0 Å². The van der Waals surface area contributed by atoms with Crippen LogP contribution in [0.1, 0.15) is 21.5 Å². The van der Waals surface area contributed by atoms with Crippen LogP contribution in [0.15, 0.2) is 36.7 Å². The summed E-state index contributed by atoms with van der Waals surface area (Å²) < 4.78 is 0. The van der Waals surface area contributed by atoms with Crippen molar-refractivity contribution in [3.8, 4) is 0 Å². The van der Waals surface area contributed by atoms with E-state index in [1.165, 1.54) is 17.0 Å². The Morgan fingerprint density at radius 2 is 1.93 bits per heavy atom. The predicted octanol–water partition coefficient (Wildman–Crippen LogP) is 2.04. The van der Waals surface area contributed by atoms with Crippen LogP contribution in [0.3, 0.4) is 0 Å². The second-order valence-corrected chi connectivity index (χ2v) is 6.60. The molecule has 1 heterocycles. The van der Waals surface area contributed by atoms with Crippen LogP contribution in [0.25, 0.3) is 0 Å². The molecule has 0 fully saturated rings. The molecule has 3 amide bonds. The fourth-order valence-electron chi connectivity index (χ4n) is 2.25. The van der Waals surface area contributed by atoms with Gasteiger partial charge in [-0.2, -0.15) is 0 Å². The van der Waals surface area contributed by atoms with E-state index >= 15 is 0 Å². The maximum Gasteiger partial charge on any atom is 0.253 e. The quantitative estimate of drug-likeness (QED) is 0.792. The topological polar surface area (TPSA) is 91.4 Å². The minimum absolute atomic E-state index is 0.120.